The Hall–Kier alpha value is -2.32. The molecule has 0 aromatic carbocycles. The van der Waals surface area contributed by atoms with Crippen LogP contribution in [0.1, 0.15) is 271 Å². The van der Waals surface area contributed by atoms with Gasteiger partial charge in [0, 0.05) is 6.42 Å². The third-order valence-corrected chi connectivity index (χ3v) is 14.6. The molecule has 2 N–H and O–H groups in total. The highest BCUT2D eigenvalue weighted by Crippen LogP contribution is 2.38. The molecule has 3 unspecified atom stereocenters. The van der Waals surface area contributed by atoms with Gasteiger partial charge in [-0.1, -0.05) is 279 Å². The standard InChI is InChI=1S/C65H119N2O6P/c1-6-8-10-12-14-16-18-20-22-24-26-28-30-32-33-35-37-39-41-43-45-47-49-51-53-55-57-59-65(69)66-63(62-73-74(70,71)72-61-60-67(3,4)5)64(68)58-56-54-52-50-48-46-44-42-40-38-36-34-31-29-27-25-23-21-19-17-15-13-11-9-7-2/h8,10,14,16,20,22,26,28,32-33,37,39,43,45,63-64,68H,6-7,9,11-13,15,17-19,21,23-25,27,29-31,34-36,38,40-42,44,46-62H2,1-5H3,(H-,66,69,70,71)/b10-8-,16-14-,22-20-,28-26-,33-32-,39-37-,45-43-. The summed E-state index contributed by atoms with van der Waals surface area (Å²) in [6.07, 6.45) is 77.6. The number of unbranched alkanes of at least 4 members (excludes halogenated alkanes) is 29. The molecule has 74 heavy (non-hydrogen) atoms. The van der Waals surface area contributed by atoms with E-state index in [2.05, 4.69) is 104 Å². The molecule has 0 fully saturated rings. The molecule has 0 spiro atoms. The van der Waals surface area contributed by atoms with E-state index < -0.39 is 20.0 Å². The monoisotopic (exact) mass is 1050 g/mol. The Kier molecular flexibility index (Phi) is 53.7. The fourth-order valence-corrected chi connectivity index (χ4v) is 9.57. The van der Waals surface area contributed by atoms with Crippen molar-refractivity contribution < 1.29 is 32.9 Å². The van der Waals surface area contributed by atoms with Gasteiger partial charge in [-0.15, -0.1) is 0 Å². The highest BCUT2D eigenvalue weighted by atomic mass is 31.2. The lowest BCUT2D eigenvalue weighted by Gasteiger charge is -2.30. The molecule has 0 aliphatic carbocycles. The van der Waals surface area contributed by atoms with Crippen molar-refractivity contribution in [3.8, 4) is 0 Å². The average molecular weight is 1060 g/mol. The quantitative estimate of drug-likeness (QED) is 0.0272. The first-order valence-corrected chi connectivity index (χ1v) is 32.4. The number of aliphatic hydroxyl groups excluding tert-OH is 1. The van der Waals surface area contributed by atoms with E-state index >= 15 is 0 Å². The number of hydrogen-bond acceptors (Lipinski definition) is 6. The van der Waals surface area contributed by atoms with Crippen LogP contribution in [0.5, 0.6) is 0 Å². The molecule has 0 saturated carbocycles. The molecule has 0 bridgehead atoms. The molecule has 0 heterocycles. The van der Waals surface area contributed by atoms with E-state index in [1.165, 1.54) is 141 Å². The highest BCUT2D eigenvalue weighted by molar-refractivity contribution is 7.45. The molecule has 0 saturated heterocycles. The number of amides is 1. The van der Waals surface area contributed by atoms with Gasteiger partial charge >= 0.3 is 0 Å². The van der Waals surface area contributed by atoms with Gasteiger partial charge in [0.25, 0.3) is 7.82 Å². The first-order valence-electron chi connectivity index (χ1n) is 30.9. The van der Waals surface area contributed by atoms with Gasteiger partial charge < -0.3 is 28.8 Å². The summed E-state index contributed by atoms with van der Waals surface area (Å²) in [6.45, 7) is 4.61. The van der Waals surface area contributed by atoms with Crippen LogP contribution in [0.3, 0.4) is 0 Å². The van der Waals surface area contributed by atoms with Crippen molar-refractivity contribution in [2.24, 2.45) is 0 Å². The number of carbonyl (C=O) groups excluding carboxylic acids is 1. The molecule has 0 radical (unpaired) electrons. The summed E-state index contributed by atoms with van der Waals surface area (Å²) in [5.41, 5.74) is 0. The molecule has 9 heteroatoms. The zero-order valence-corrected chi connectivity index (χ0v) is 49.9. The minimum atomic E-state index is -4.59. The smallest absolute Gasteiger partial charge is 0.268 e. The van der Waals surface area contributed by atoms with E-state index in [1.807, 2.05) is 21.1 Å². The number of phosphoric acid groups is 1. The van der Waals surface area contributed by atoms with E-state index in [0.717, 1.165) is 103 Å². The van der Waals surface area contributed by atoms with E-state index in [1.54, 1.807) is 0 Å². The Labute approximate surface area is 458 Å². The molecule has 0 aromatic rings. The summed E-state index contributed by atoms with van der Waals surface area (Å²) >= 11 is 0. The van der Waals surface area contributed by atoms with Gasteiger partial charge in [0.1, 0.15) is 13.2 Å². The van der Waals surface area contributed by atoms with Crippen LogP contribution in [0, 0.1) is 0 Å². The van der Waals surface area contributed by atoms with Crippen LogP contribution in [0.4, 0.5) is 0 Å². The van der Waals surface area contributed by atoms with Crippen molar-refractivity contribution in [1.29, 1.82) is 0 Å². The minimum Gasteiger partial charge on any atom is -0.756 e. The van der Waals surface area contributed by atoms with E-state index in [9.17, 15) is 19.4 Å². The number of nitrogens with zero attached hydrogens (tertiary/aromatic N) is 1. The van der Waals surface area contributed by atoms with E-state index in [0.29, 0.717) is 23.9 Å². The molecule has 0 aromatic heterocycles. The second kappa shape index (κ2) is 55.4. The van der Waals surface area contributed by atoms with Crippen LogP contribution < -0.4 is 10.2 Å². The predicted molar refractivity (Wildman–Crippen MR) is 320 cm³/mol. The van der Waals surface area contributed by atoms with E-state index in [4.69, 9.17) is 9.05 Å². The van der Waals surface area contributed by atoms with Crippen LogP contribution in [-0.2, 0) is 18.4 Å². The fourth-order valence-electron chi connectivity index (χ4n) is 8.85. The van der Waals surface area contributed by atoms with Gasteiger partial charge in [0.05, 0.1) is 39.9 Å². The van der Waals surface area contributed by atoms with Crippen molar-refractivity contribution >= 4 is 13.7 Å². The second-order valence-corrected chi connectivity index (χ2v) is 23.4. The summed E-state index contributed by atoms with van der Waals surface area (Å²) in [6, 6.07) is -0.819. The summed E-state index contributed by atoms with van der Waals surface area (Å²) in [5, 5.41) is 14.0. The zero-order valence-electron chi connectivity index (χ0n) is 49.0. The molecular formula is C65H119N2O6P. The van der Waals surface area contributed by atoms with Crippen LogP contribution in [-0.4, -0.2) is 68.5 Å². The van der Waals surface area contributed by atoms with Crippen LogP contribution in [0.2, 0.25) is 0 Å². The second-order valence-electron chi connectivity index (χ2n) is 22.0. The number of nitrogens with one attached hydrogen (secondary N) is 1. The van der Waals surface area contributed by atoms with Crippen molar-refractivity contribution in [2.45, 2.75) is 283 Å². The van der Waals surface area contributed by atoms with Gasteiger partial charge in [-0.3, -0.25) is 9.36 Å². The number of allylic oxidation sites excluding steroid dienone is 14. The number of likely N-dealkylation sites (N-methyl/N-ethyl adjacent to an activating group) is 1. The Bertz CT molecular complexity index is 1480. The van der Waals surface area contributed by atoms with Gasteiger partial charge in [0.15, 0.2) is 0 Å². The maximum Gasteiger partial charge on any atom is 0.268 e. The van der Waals surface area contributed by atoms with Crippen molar-refractivity contribution in [2.75, 3.05) is 40.9 Å². The molecule has 1 amide bonds. The Morgan fingerprint density at radius 3 is 1.20 bits per heavy atom. The van der Waals surface area contributed by atoms with Crippen molar-refractivity contribution in [3.05, 3.63) is 85.1 Å². The Balaban J connectivity index is 4.21. The number of aliphatic hydroxyl groups is 1. The number of carbonyl (C=O) groups is 1. The number of rotatable bonds is 56. The molecule has 0 aliphatic rings. The van der Waals surface area contributed by atoms with Gasteiger partial charge in [0.2, 0.25) is 5.91 Å². The number of hydrogen-bond donors (Lipinski definition) is 2. The third-order valence-electron chi connectivity index (χ3n) is 13.6. The third kappa shape index (κ3) is 57.4. The molecule has 3 atom stereocenters. The molecule has 8 nitrogen and oxygen atoms in total. The SMILES string of the molecule is CC/C=C\C/C=C\C/C=C\C/C=C\C/C=C\C/C=C\C/C=C\CCCCCCCC(=O)NC(COP(=O)([O-])OCC[N+](C)(C)C)C(O)CCCCCCCCCCCCCCCCCCCCCCCCCCC. The summed E-state index contributed by atoms with van der Waals surface area (Å²) < 4.78 is 23.5. The number of quaternary nitrogens is 1. The summed E-state index contributed by atoms with van der Waals surface area (Å²) in [5.74, 6) is -0.184. The first kappa shape index (κ1) is 71.7. The number of phosphoric ester groups is 1. The molecular weight excluding hydrogens is 936 g/mol. The lowest BCUT2D eigenvalue weighted by Crippen LogP contribution is -2.46. The normalized spacial score (nSPS) is 14.4. The molecule has 430 valence electrons. The first-order chi connectivity index (χ1) is 36.0. The summed E-state index contributed by atoms with van der Waals surface area (Å²) in [4.78, 5) is 25.6. The maximum atomic E-state index is 13.0. The van der Waals surface area contributed by atoms with Crippen LogP contribution >= 0.6 is 7.82 Å². The van der Waals surface area contributed by atoms with Gasteiger partial charge in [-0.2, -0.15) is 0 Å². The fraction of sp³-hybridized carbons (Fsp3) is 0.769. The highest BCUT2D eigenvalue weighted by Gasteiger charge is 2.24. The molecule has 0 rings (SSSR count). The predicted octanol–water partition coefficient (Wildman–Crippen LogP) is 18.6. The summed E-state index contributed by atoms with van der Waals surface area (Å²) in [7, 11) is 1.28. The minimum absolute atomic E-state index is 0.00400. The maximum absolute atomic E-state index is 13.0. The lowest BCUT2D eigenvalue weighted by atomic mass is 10.0. The van der Waals surface area contributed by atoms with Crippen molar-refractivity contribution in [1.82, 2.24) is 5.32 Å². The Morgan fingerprint density at radius 2 is 0.824 bits per heavy atom. The van der Waals surface area contributed by atoms with Crippen molar-refractivity contribution in [3.63, 3.8) is 0 Å². The average Bonchev–Trinajstić information content (AvgIpc) is 3.36. The van der Waals surface area contributed by atoms with Gasteiger partial charge in [-0.25, -0.2) is 0 Å². The lowest BCUT2D eigenvalue weighted by molar-refractivity contribution is -0.870. The zero-order chi connectivity index (χ0) is 54.2. The van der Waals surface area contributed by atoms with Crippen LogP contribution in [0.25, 0.3) is 0 Å². The van der Waals surface area contributed by atoms with Gasteiger partial charge in [-0.05, 0) is 70.6 Å². The Morgan fingerprint density at radius 1 is 0.486 bits per heavy atom. The van der Waals surface area contributed by atoms with E-state index in [-0.39, 0.29) is 19.1 Å². The molecule has 0 aliphatic heterocycles. The topological polar surface area (TPSA) is 108 Å². The van der Waals surface area contributed by atoms with Crippen LogP contribution in [0.15, 0.2) is 85.1 Å². The largest absolute Gasteiger partial charge is 0.756 e.